The molecule has 3 nitrogen and oxygen atoms in total. The molecule has 0 radical (unpaired) electrons. The first kappa shape index (κ1) is 14.1. The van der Waals surface area contributed by atoms with Crippen molar-refractivity contribution < 1.29 is 14.3 Å². The first-order valence-electron chi connectivity index (χ1n) is 7.00. The van der Waals surface area contributed by atoms with E-state index in [0.29, 0.717) is 24.0 Å². The molecule has 1 saturated carbocycles. The molecule has 0 atom stereocenters. The topological polar surface area (TPSA) is 35.5 Å². The predicted octanol–water partition coefficient (Wildman–Crippen LogP) is 3.30. The maximum Gasteiger partial charge on any atom is 0.338 e. The van der Waals surface area contributed by atoms with Crippen LogP contribution in [0, 0.1) is 11.8 Å². The smallest absolute Gasteiger partial charge is 0.338 e. The lowest BCUT2D eigenvalue weighted by Gasteiger charge is -2.27. The molecule has 1 aromatic rings. The molecule has 104 valence electrons. The van der Waals surface area contributed by atoms with Gasteiger partial charge in [0.1, 0.15) is 0 Å². The highest BCUT2D eigenvalue weighted by atomic mass is 16.5. The van der Waals surface area contributed by atoms with Gasteiger partial charge in [-0.05, 0) is 49.7 Å². The highest BCUT2D eigenvalue weighted by Gasteiger charge is 2.22. The number of carbonyl (C=O) groups is 1. The van der Waals surface area contributed by atoms with Crippen LogP contribution in [-0.2, 0) is 9.47 Å². The molecule has 1 aliphatic rings. The van der Waals surface area contributed by atoms with Gasteiger partial charge < -0.3 is 9.47 Å². The molecule has 1 aromatic carbocycles. The normalized spacial score (nSPS) is 23.0. The van der Waals surface area contributed by atoms with Crippen LogP contribution in [0.5, 0.6) is 0 Å². The largest absolute Gasteiger partial charge is 0.462 e. The number of ether oxygens (including phenoxy) is 2. The van der Waals surface area contributed by atoms with Crippen LogP contribution in [-0.4, -0.2) is 26.3 Å². The van der Waals surface area contributed by atoms with Crippen LogP contribution in [0.4, 0.5) is 0 Å². The lowest BCUT2D eigenvalue weighted by Crippen LogP contribution is -2.22. The van der Waals surface area contributed by atoms with Gasteiger partial charge in [0.05, 0.1) is 12.2 Å². The van der Waals surface area contributed by atoms with Crippen molar-refractivity contribution in [3.63, 3.8) is 0 Å². The molecule has 0 N–H and O–H groups in total. The molecular formula is C16H22O3. The third kappa shape index (κ3) is 4.35. The number of carbonyl (C=O) groups excluding carboxylic acids is 1. The van der Waals surface area contributed by atoms with E-state index in [1.54, 1.807) is 19.2 Å². The van der Waals surface area contributed by atoms with Crippen molar-refractivity contribution in [3.05, 3.63) is 35.9 Å². The van der Waals surface area contributed by atoms with Crippen molar-refractivity contribution in [2.75, 3.05) is 20.3 Å². The van der Waals surface area contributed by atoms with Crippen LogP contribution >= 0.6 is 0 Å². The van der Waals surface area contributed by atoms with E-state index in [-0.39, 0.29) is 5.97 Å². The second-order valence-electron chi connectivity index (χ2n) is 5.31. The summed E-state index contributed by atoms with van der Waals surface area (Å²) in [4.78, 5) is 11.8. The minimum atomic E-state index is -0.209. The Morgan fingerprint density at radius 1 is 1.05 bits per heavy atom. The number of esters is 1. The molecule has 19 heavy (non-hydrogen) atoms. The zero-order chi connectivity index (χ0) is 13.5. The zero-order valence-electron chi connectivity index (χ0n) is 11.5. The van der Waals surface area contributed by atoms with Gasteiger partial charge in [-0.3, -0.25) is 0 Å². The Balaban J connectivity index is 1.71. The minimum absolute atomic E-state index is 0.209. The summed E-state index contributed by atoms with van der Waals surface area (Å²) in [5.74, 6) is 0.992. The Hall–Kier alpha value is -1.35. The standard InChI is InChI=1S/C16H22O3/c1-18-11-13-7-9-14(10-8-13)12-19-16(17)15-5-3-2-4-6-15/h2-6,13-14H,7-12H2,1H3. The summed E-state index contributed by atoms with van der Waals surface area (Å²) < 4.78 is 10.6. The maximum absolute atomic E-state index is 11.8. The van der Waals surface area contributed by atoms with E-state index in [9.17, 15) is 4.79 Å². The van der Waals surface area contributed by atoms with Gasteiger partial charge in [-0.15, -0.1) is 0 Å². The number of rotatable bonds is 5. The molecule has 2 rings (SSSR count). The van der Waals surface area contributed by atoms with Crippen LogP contribution in [0.15, 0.2) is 30.3 Å². The van der Waals surface area contributed by atoms with Crippen molar-refractivity contribution in [1.29, 1.82) is 0 Å². The molecule has 0 unspecified atom stereocenters. The van der Waals surface area contributed by atoms with Crippen LogP contribution in [0.1, 0.15) is 36.0 Å². The van der Waals surface area contributed by atoms with Crippen molar-refractivity contribution in [1.82, 2.24) is 0 Å². The first-order valence-corrected chi connectivity index (χ1v) is 7.00. The molecule has 3 heteroatoms. The molecule has 0 amide bonds. The molecule has 0 saturated heterocycles. The van der Waals surface area contributed by atoms with Gasteiger partial charge in [0.25, 0.3) is 0 Å². The molecule has 0 bridgehead atoms. The second kappa shape index (κ2) is 7.29. The van der Waals surface area contributed by atoms with Gasteiger partial charge in [-0.2, -0.15) is 0 Å². The van der Waals surface area contributed by atoms with Crippen LogP contribution < -0.4 is 0 Å². The lowest BCUT2D eigenvalue weighted by molar-refractivity contribution is 0.0368. The summed E-state index contributed by atoms with van der Waals surface area (Å²) in [6.07, 6.45) is 4.63. The molecule has 0 aromatic heterocycles. The average molecular weight is 262 g/mol. The number of methoxy groups -OCH3 is 1. The Bertz CT molecular complexity index is 380. The summed E-state index contributed by atoms with van der Waals surface area (Å²) in [5.41, 5.74) is 0.635. The third-order valence-electron chi connectivity index (χ3n) is 3.83. The van der Waals surface area contributed by atoms with Crippen LogP contribution in [0.25, 0.3) is 0 Å². The Labute approximate surface area is 114 Å². The van der Waals surface area contributed by atoms with Gasteiger partial charge in [-0.1, -0.05) is 18.2 Å². The van der Waals surface area contributed by atoms with Crippen molar-refractivity contribution in [2.45, 2.75) is 25.7 Å². The fraction of sp³-hybridized carbons (Fsp3) is 0.562. The van der Waals surface area contributed by atoms with Crippen LogP contribution in [0.3, 0.4) is 0 Å². The van der Waals surface area contributed by atoms with Gasteiger partial charge >= 0.3 is 5.97 Å². The minimum Gasteiger partial charge on any atom is -0.462 e. The maximum atomic E-state index is 11.8. The van der Waals surface area contributed by atoms with Crippen molar-refractivity contribution >= 4 is 5.97 Å². The summed E-state index contributed by atoms with van der Waals surface area (Å²) >= 11 is 0. The fourth-order valence-electron chi connectivity index (χ4n) is 2.65. The Morgan fingerprint density at radius 3 is 2.21 bits per heavy atom. The van der Waals surface area contributed by atoms with Gasteiger partial charge in [0.2, 0.25) is 0 Å². The van der Waals surface area contributed by atoms with E-state index in [2.05, 4.69) is 0 Å². The van der Waals surface area contributed by atoms with E-state index >= 15 is 0 Å². The first-order chi connectivity index (χ1) is 9.29. The quantitative estimate of drug-likeness (QED) is 0.764. The second-order valence-corrected chi connectivity index (χ2v) is 5.31. The molecule has 0 aliphatic heterocycles. The average Bonchev–Trinajstić information content (AvgIpc) is 2.47. The molecule has 0 spiro atoms. The molecule has 1 aliphatic carbocycles. The summed E-state index contributed by atoms with van der Waals surface area (Å²) in [7, 11) is 1.76. The summed E-state index contributed by atoms with van der Waals surface area (Å²) in [5, 5.41) is 0. The highest BCUT2D eigenvalue weighted by molar-refractivity contribution is 5.89. The number of benzene rings is 1. The van der Waals surface area contributed by atoms with Crippen molar-refractivity contribution in [2.24, 2.45) is 11.8 Å². The van der Waals surface area contributed by atoms with E-state index in [1.807, 2.05) is 18.2 Å². The Kier molecular flexibility index (Phi) is 5.40. The van der Waals surface area contributed by atoms with Gasteiger partial charge in [0, 0.05) is 13.7 Å². The van der Waals surface area contributed by atoms with E-state index in [1.165, 1.54) is 12.8 Å². The molecule has 1 fully saturated rings. The van der Waals surface area contributed by atoms with Crippen molar-refractivity contribution in [3.8, 4) is 0 Å². The predicted molar refractivity (Wildman–Crippen MR) is 74.0 cm³/mol. The van der Waals surface area contributed by atoms with E-state index in [4.69, 9.17) is 9.47 Å². The monoisotopic (exact) mass is 262 g/mol. The SMILES string of the molecule is COCC1CCC(COC(=O)c2ccccc2)CC1. The third-order valence-corrected chi connectivity index (χ3v) is 3.83. The fourth-order valence-corrected chi connectivity index (χ4v) is 2.65. The zero-order valence-corrected chi connectivity index (χ0v) is 11.5. The van der Waals surface area contributed by atoms with Gasteiger partial charge in [0.15, 0.2) is 0 Å². The highest BCUT2D eigenvalue weighted by Crippen LogP contribution is 2.29. The van der Waals surface area contributed by atoms with E-state index < -0.39 is 0 Å². The van der Waals surface area contributed by atoms with Crippen LogP contribution in [0.2, 0.25) is 0 Å². The lowest BCUT2D eigenvalue weighted by atomic mass is 9.83. The van der Waals surface area contributed by atoms with E-state index in [0.717, 1.165) is 19.4 Å². The van der Waals surface area contributed by atoms with Gasteiger partial charge in [-0.25, -0.2) is 4.79 Å². The summed E-state index contributed by atoms with van der Waals surface area (Å²) in [6, 6.07) is 9.18. The molecule has 0 heterocycles. The summed E-state index contributed by atoms with van der Waals surface area (Å²) in [6.45, 7) is 1.41. The number of hydrogen-bond donors (Lipinski definition) is 0. The number of hydrogen-bond acceptors (Lipinski definition) is 3. The Morgan fingerprint density at radius 2 is 1.63 bits per heavy atom. The molecular weight excluding hydrogens is 240 g/mol.